The summed E-state index contributed by atoms with van der Waals surface area (Å²) in [7, 11) is 0. The van der Waals surface area contributed by atoms with Crippen molar-refractivity contribution in [1.29, 1.82) is 0 Å². The van der Waals surface area contributed by atoms with Crippen LogP contribution in [0.4, 0.5) is 0 Å². The Kier molecular flexibility index (Phi) is 29.5. The summed E-state index contributed by atoms with van der Waals surface area (Å²) in [5.41, 5.74) is 0. The molecule has 0 spiro atoms. The van der Waals surface area contributed by atoms with Crippen LogP contribution in [0.5, 0.6) is 0 Å². The molecule has 0 aromatic carbocycles. The Morgan fingerprint density at radius 3 is 1.74 bits per heavy atom. The van der Waals surface area contributed by atoms with E-state index in [-0.39, 0.29) is 12.5 Å². The van der Waals surface area contributed by atoms with Crippen molar-refractivity contribution in [2.24, 2.45) is 5.92 Å². The van der Waals surface area contributed by atoms with Crippen molar-refractivity contribution in [3.8, 4) is 0 Å². The molecule has 1 heterocycles. The number of amides is 1. The molecular weight excluding hydrogens is 634 g/mol. The molecular formula is C41H79NO8. The fourth-order valence-corrected chi connectivity index (χ4v) is 6.63. The zero-order valence-electron chi connectivity index (χ0n) is 32.3. The molecule has 50 heavy (non-hydrogen) atoms. The van der Waals surface area contributed by atoms with Gasteiger partial charge in [0.15, 0.2) is 6.29 Å². The van der Waals surface area contributed by atoms with Crippen LogP contribution in [0, 0.1) is 5.92 Å². The minimum absolute atomic E-state index is 0.178. The van der Waals surface area contributed by atoms with E-state index in [4.69, 9.17) is 9.47 Å². The van der Waals surface area contributed by atoms with Crippen molar-refractivity contribution < 1.29 is 39.8 Å². The number of unbranched alkanes of at least 4 members (excludes halogenated alkanes) is 21. The molecule has 0 radical (unpaired) electrons. The Morgan fingerprint density at radius 2 is 1.22 bits per heavy atom. The monoisotopic (exact) mass is 714 g/mol. The molecule has 6 N–H and O–H groups in total. The number of hydrogen-bond acceptors (Lipinski definition) is 8. The number of aliphatic hydroxyl groups excluding tert-OH is 5. The van der Waals surface area contributed by atoms with Gasteiger partial charge in [-0.25, -0.2) is 0 Å². The lowest BCUT2D eigenvalue weighted by Gasteiger charge is -2.40. The second-order valence-electron chi connectivity index (χ2n) is 15.3. The lowest BCUT2D eigenvalue weighted by Crippen LogP contribution is -2.60. The number of rotatable bonds is 33. The highest BCUT2D eigenvalue weighted by molar-refractivity contribution is 5.76. The van der Waals surface area contributed by atoms with E-state index in [1.165, 1.54) is 116 Å². The van der Waals surface area contributed by atoms with E-state index in [2.05, 4.69) is 26.1 Å². The first-order valence-corrected chi connectivity index (χ1v) is 20.8. The zero-order chi connectivity index (χ0) is 36.8. The summed E-state index contributed by atoms with van der Waals surface area (Å²) >= 11 is 0. The highest BCUT2D eigenvalue weighted by Gasteiger charge is 2.44. The van der Waals surface area contributed by atoms with E-state index in [1.807, 2.05) is 6.08 Å². The summed E-state index contributed by atoms with van der Waals surface area (Å²) in [5, 5.41) is 54.0. The van der Waals surface area contributed by atoms with E-state index < -0.39 is 49.5 Å². The predicted molar refractivity (Wildman–Crippen MR) is 203 cm³/mol. The van der Waals surface area contributed by atoms with E-state index in [1.54, 1.807) is 6.08 Å². The molecule has 296 valence electrons. The van der Waals surface area contributed by atoms with Gasteiger partial charge in [0.1, 0.15) is 24.4 Å². The van der Waals surface area contributed by atoms with E-state index in [0.29, 0.717) is 6.42 Å². The second-order valence-corrected chi connectivity index (χ2v) is 15.3. The van der Waals surface area contributed by atoms with Crippen LogP contribution in [-0.2, 0) is 14.3 Å². The van der Waals surface area contributed by atoms with Gasteiger partial charge in [0.05, 0.1) is 25.4 Å². The second kappa shape index (κ2) is 31.5. The van der Waals surface area contributed by atoms with Crippen LogP contribution in [0.15, 0.2) is 12.2 Å². The third kappa shape index (κ3) is 23.5. The summed E-state index contributed by atoms with van der Waals surface area (Å²) < 4.78 is 11.2. The van der Waals surface area contributed by atoms with Gasteiger partial charge in [0.25, 0.3) is 0 Å². The normalized spacial score (nSPS) is 22.4. The summed E-state index contributed by atoms with van der Waals surface area (Å²) in [6, 6.07) is -0.798. The van der Waals surface area contributed by atoms with Gasteiger partial charge in [0.2, 0.25) is 5.91 Å². The molecule has 1 amide bonds. The van der Waals surface area contributed by atoms with Crippen molar-refractivity contribution in [2.75, 3.05) is 13.2 Å². The van der Waals surface area contributed by atoms with Gasteiger partial charge in [-0.15, -0.1) is 0 Å². The Morgan fingerprint density at radius 1 is 0.720 bits per heavy atom. The van der Waals surface area contributed by atoms with Crippen LogP contribution >= 0.6 is 0 Å². The summed E-state index contributed by atoms with van der Waals surface area (Å²) in [6.07, 6.45) is 25.4. The van der Waals surface area contributed by atoms with E-state index in [9.17, 15) is 30.3 Å². The third-order valence-corrected chi connectivity index (χ3v) is 10.0. The molecule has 0 aromatic heterocycles. The quantitative estimate of drug-likeness (QED) is 0.0300. The maximum atomic E-state index is 12.9. The number of carbonyl (C=O) groups excluding carboxylic acids is 1. The number of nitrogens with one attached hydrogen (secondary N) is 1. The largest absolute Gasteiger partial charge is 0.394 e. The van der Waals surface area contributed by atoms with Gasteiger partial charge in [-0.1, -0.05) is 168 Å². The predicted octanol–water partition coefficient (Wildman–Crippen LogP) is 7.63. The number of allylic oxidation sites excluding steroid dienone is 1. The first-order valence-electron chi connectivity index (χ1n) is 20.8. The van der Waals surface area contributed by atoms with Crippen LogP contribution in [-0.4, -0.2) is 87.5 Å². The fraction of sp³-hybridized carbons (Fsp3) is 0.927. The van der Waals surface area contributed by atoms with Gasteiger partial charge in [0, 0.05) is 6.42 Å². The van der Waals surface area contributed by atoms with Gasteiger partial charge in [-0.3, -0.25) is 4.79 Å². The minimum Gasteiger partial charge on any atom is -0.394 e. The highest BCUT2D eigenvalue weighted by atomic mass is 16.7. The zero-order valence-corrected chi connectivity index (χ0v) is 32.3. The molecule has 1 aliphatic heterocycles. The smallest absolute Gasteiger partial charge is 0.220 e. The van der Waals surface area contributed by atoms with Crippen molar-refractivity contribution in [3.05, 3.63) is 12.2 Å². The van der Waals surface area contributed by atoms with Gasteiger partial charge < -0.3 is 40.3 Å². The molecule has 7 atom stereocenters. The molecule has 1 aliphatic rings. The molecule has 1 rings (SSSR count). The van der Waals surface area contributed by atoms with Crippen molar-refractivity contribution in [3.63, 3.8) is 0 Å². The topological polar surface area (TPSA) is 149 Å². The minimum atomic E-state index is -1.56. The van der Waals surface area contributed by atoms with Crippen LogP contribution in [0.25, 0.3) is 0 Å². The average molecular weight is 714 g/mol. The first-order chi connectivity index (χ1) is 24.2. The Balaban J connectivity index is 2.41. The summed E-state index contributed by atoms with van der Waals surface area (Å²) in [4.78, 5) is 12.9. The van der Waals surface area contributed by atoms with Crippen LogP contribution < -0.4 is 5.32 Å². The Labute approximate surface area is 306 Å². The highest BCUT2D eigenvalue weighted by Crippen LogP contribution is 2.22. The van der Waals surface area contributed by atoms with Gasteiger partial charge in [-0.05, 0) is 25.2 Å². The van der Waals surface area contributed by atoms with Crippen molar-refractivity contribution >= 4 is 5.91 Å². The SMILES string of the molecule is CCCCCCCCCCCCCCCCCC(=O)N[C@@H](CO[C@@H]1O[C@H](CO)[C@@H](O)[C@H](O)[C@H]1O)[C@H](O)/C=C/CCCCCCCCCC(C)C. The Bertz CT molecular complexity index is 809. The Hall–Kier alpha value is -1.07. The first kappa shape index (κ1) is 47.0. The molecule has 0 unspecified atom stereocenters. The van der Waals surface area contributed by atoms with Crippen molar-refractivity contribution in [1.82, 2.24) is 5.32 Å². The number of ether oxygens (including phenoxy) is 2. The molecule has 0 aromatic rings. The number of hydrogen-bond donors (Lipinski definition) is 6. The average Bonchev–Trinajstić information content (AvgIpc) is 3.10. The van der Waals surface area contributed by atoms with Crippen LogP contribution in [0.2, 0.25) is 0 Å². The van der Waals surface area contributed by atoms with Crippen molar-refractivity contribution in [2.45, 2.75) is 224 Å². The molecule has 9 nitrogen and oxygen atoms in total. The summed E-state index contributed by atoms with van der Waals surface area (Å²) in [6.45, 7) is 6.06. The third-order valence-electron chi connectivity index (χ3n) is 10.0. The lowest BCUT2D eigenvalue weighted by atomic mass is 9.99. The molecule has 0 aliphatic carbocycles. The number of aliphatic hydroxyl groups is 5. The number of carbonyl (C=O) groups is 1. The molecule has 0 saturated carbocycles. The van der Waals surface area contributed by atoms with Crippen LogP contribution in [0.3, 0.4) is 0 Å². The molecule has 0 bridgehead atoms. The van der Waals surface area contributed by atoms with Crippen LogP contribution in [0.1, 0.15) is 181 Å². The maximum absolute atomic E-state index is 12.9. The van der Waals surface area contributed by atoms with E-state index in [0.717, 1.165) is 44.4 Å². The maximum Gasteiger partial charge on any atom is 0.220 e. The molecule has 1 fully saturated rings. The van der Waals surface area contributed by atoms with E-state index >= 15 is 0 Å². The standard InChI is InChI=1S/C41H79NO8/c1-4-5-6-7-8-9-10-11-12-13-14-18-21-24-27-30-37(45)42-34(32-49-41-40(48)39(47)38(46)36(31-43)50-41)35(44)29-26-23-20-17-15-16-19-22-25-28-33(2)3/h26,29,33-36,38-41,43-44,46-48H,4-25,27-28,30-32H2,1-3H3,(H,42,45)/b29-26+/t34-,35+,36+,38+,39-,40+,41+/m0/s1. The van der Waals surface area contributed by atoms with Gasteiger partial charge >= 0.3 is 0 Å². The summed E-state index contributed by atoms with van der Waals surface area (Å²) in [5.74, 6) is 0.603. The fourth-order valence-electron chi connectivity index (χ4n) is 6.63. The molecule has 1 saturated heterocycles. The molecule has 9 heteroatoms. The van der Waals surface area contributed by atoms with Gasteiger partial charge in [-0.2, -0.15) is 0 Å². The lowest BCUT2D eigenvalue weighted by molar-refractivity contribution is -0.302.